The Morgan fingerprint density at radius 2 is 0.839 bits per heavy atom. The maximum Gasteiger partial charge on any atom is 0.305 e. The summed E-state index contributed by atoms with van der Waals surface area (Å²) >= 11 is 0. The lowest BCUT2D eigenvalue weighted by Crippen LogP contribution is -2.10. The average molecular weight is 441 g/mol. The third-order valence-electron chi connectivity index (χ3n) is 6.12. The normalized spacial score (nSPS) is 11.2. The van der Waals surface area contributed by atoms with Gasteiger partial charge in [-0.3, -0.25) is 4.79 Å². The molecule has 0 saturated heterocycles. The first kappa shape index (κ1) is 30.4. The Kier molecular flexibility index (Phi) is 27.0. The molecule has 0 radical (unpaired) electrons. The first-order chi connectivity index (χ1) is 15.3. The summed E-state index contributed by atoms with van der Waals surface area (Å²) in [6.45, 7) is 6.27. The SMILES string of the molecule is CCCCCCCCCCCCCCCCCC(=O)OCCOCCCCCCCC. The molecule has 0 fully saturated rings. The van der Waals surface area contributed by atoms with Crippen molar-refractivity contribution < 1.29 is 14.3 Å². The molecule has 0 amide bonds. The molecule has 0 aromatic heterocycles. The van der Waals surface area contributed by atoms with E-state index in [0.717, 1.165) is 25.9 Å². The van der Waals surface area contributed by atoms with Gasteiger partial charge in [-0.2, -0.15) is 0 Å². The largest absolute Gasteiger partial charge is 0.463 e. The number of carbonyl (C=O) groups excluding carboxylic acids is 1. The van der Waals surface area contributed by atoms with Crippen molar-refractivity contribution in [1.29, 1.82) is 0 Å². The van der Waals surface area contributed by atoms with Crippen LogP contribution in [0.15, 0.2) is 0 Å². The van der Waals surface area contributed by atoms with E-state index >= 15 is 0 Å². The molecule has 0 bridgehead atoms. The van der Waals surface area contributed by atoms with Crippen LogP contribution in [0.25, 0.3) is 0 Å². The lowest BCUT2D eigenvalue weighted by Gasteiger charge is -2.06. The molecule has 0 spiro atoms. The molecule has 0 saturated carbocycles. The van der Waals surface area contributed by atoms with E-state index in [1.54, 1.807) is 0 Å². The standard InChI is InChI=1S/C28H56O3/c1-3-5-7-9-11-12-13-14-15-16-17-18-19-20-22-24-28(29)31-27-26-30-25-23-21-10-8-6-4-2/h3-27H2,1-2H3. The fourth-order valence-electron chi connectivity index (χ4n) is 4.01. The molecular weight excluding hydrogens is 384 g/mol. The highest BCUT2D eigenvalue weighted by molar-refractivity contribution is 5.69. The fraction of sp³-hybridized carbons (Fsp3) is 0.964. The Bertz CT molecular complexity index is 343. The van der Waals surface area contributed by atoms with Crippen LogP contribution in [0.2, 0.25) is 0 Å². The van der Waals surface area contributed by atoms with E-state index in [4.69, 9.17) is 9.47 Å². The minimum Gasteiger partial charge on any atom is -0.463 e. The molecule has 3 heteroatoms. The van der Waals surface area contributed by atoms with Crippen LogP contribution in [0.4, 0.5) is 0 Å². The highest BCUT2D eigenvalue weighted by Crippen LogP contribution is 2.13. The molecule has 0 rings (SSSR count). The zero-order valence-electron chi connectivity index (χ0n) is 21.4. The van der Waals surface area contributed by atoms with E-state index in [2.05, 4.69) is 13.8 Å². The highest BCUT2D eigenvalue weighted by atomic mass is 16.6. The lowest BCUT2D eigenvalue weighted by atomic mass is 10.0. The maximum absolute atomic E-state index is 11.7. The second-order valence-electron chi connectivity index (χ2n) is 9.30. The predicted octanol–water partition coefficient (Wildman–Crippen LogP) is 9.17. The molecule has 0 aliphatic rings. The van der Waals surface area contributed by atoms with Crippen LogP contribution in [-0.2, 0) is 14.3 Å². The number of hydrogen-bond acceptors (Lipinski definition) is 3. The third kappa shape index (κ3) is 27.4. The van der Waals surface area contributed by atoms with Crippen LogP contribution in [0.3, 0.4) is 0 Å². The van der Waals surface area contributed by atoms with Crippen molar-refractivity contribution in [2.75, 3.05) is 19.8 Å². The van der Waals surface area contributed by atoms with Crippen molar-refractivity contribution in [3.05, 3.63) is 0 Å². The Morgan fingerprint density at radius 1 is 0.452 bits per heavy atom. The smallest absolute Gasteiger partial charge is 0.305 e. The summed E-state index contributed by atoms with van der Waals surface area (Å²) in [4.78, 5) is 11.7. The fourth-order valence-corrected chi connectivity index (χ4v) is 4.01. The topological polar surface area (TPSA) is 35.5 Å². The van der Waals surface area contributed by atoms with Gasteiger partial charge in [0.25, 0.3) is 0 Å². The van der Waals surface area contributed by atoms with Gasteiger partial charge >= 0.3 is 5.97 Å². The van der Waals surface area contributed by atoms with E-state index in [1.165, 1.54) is 116 Å². The zero-order chi connectivity index (χ0) is 22.7. The molecule has 0 atom stereocenters. The van der Waals surface area contributed by atoms with Gasteiger partial charge in [-0.1, -0.05) is 136 Å². The van der Waals surface area contributed by atoms with E-state index in [1.807, 2.05) is 0 Å². The number of unbranched alkanes of at least 4 members (excludes halogenated alkanes) is 19. The summed E-state index contributed by atoms with van der Waals surface area (Å²) in [6.07, 6.45) is 28.4. The van der Waals surface area contributed by atoms with Gasteiger partial charge in [0.05, 0.1) is 6.61 Å². The van der Waals surface area contributed by atoms with Gasteiger partial charge in [-0.05, 0) is 12.8 Å². The van der Waals surface area contributed by atoms with Crippen molar-refractivity contribution in [3.63, 3.8) is 0 Å². The van der Waals surface area contributed by atoms with E-state index in [-0.39, 0.29) is 5.97 Å². The highest BCUT2D eigenvalue weighted by Gasteiger charge is 2.02. The molecule has 0 heterocycles. The van der Waals surface area contributed by atoms with Gasteiger partial charge in [-0.25, -0.2) is 0 Å². The van der Waals surface area contributed by atoms with Gasteiger partial charge in [-0.15, -0.1) is 0 Å². The number of carbonyl (C=O) groups is 1. The van der Waals surface area contributed by atoms with E-state index in [0.29, 0.717) is 19.6 Å². The number of ether oxygens (including phenoxy) is 2. The van der Waals surface area contributed by atoms with Crippen LogP contribution < -0.4 is 0 Å². The minimum atomic E-state index is -0.0575. The molecule has 0 aliphatic heterocycles. The summed E-state index contributed by atoms with van der Waals surface area (Å²) in [6, 6.07) is 0. The average Bonchev–Trinajstić information content (AvgIpc) is 2.77. The van der Waals surface area contributed by atoms with E-state index in [9.17, 15) is 4.79 Å². The molecule has 0 N–H and O–H groups in total. The Balaban J connectivity index is 3.13. The van der Waals surface area contributed by atoms with Crippen LogP contribution >= 0.6 is 0 Å². The molecule has 0 aliphatic carbocycles. The van der Waals surface area contributed by atoms with Crippen molar-refractivity contribution >= 4 is 5.97 Å². The lowest BCUT2D eigenvalue weighted by molar-refractivity contribution is -0.145. The van der Waals surface area contributed by atoms with Crippen molar-refractivity contribution in [1.82, 2.24) is 0 Å². The molecule has 31 heavy (non-hydrogen) atoms. The van der Waals surface area contributed by atoms with Crippen LogP contribution in [0, 0.1) is 0 Å². The van der Waals surface area contributed by atoms with Gasteiger partial charge in [0, 0.05) is 13.0 Å². The molecule has 0 aromatic carbocycles. The summed E-state index contributed by atoms with van der Waals surface area (Å²) < 4.78 is 10.8. The maximum atomic E-state index is 11.7. The van der Waals surface area contributed by atoms with E-state index < -0.39 is 0 Å². The second kappa shape index (κ2) is 27.5. The summed E-state index contributed by atoms with van der Waals surface area (Å²) in [5.41, 5.74) is 0. The monoisotopic (exact) mass is 440 g/mol. The molecular formula is C28H56O3. The Labute approximate surface area is 195 Å². The Morgan fingerprint density at radius 3 is 1.29 bits per heavy atom. The molecule has 3 nitrogen and oxygen atoms in total. The van der Waals surface area contributed by atoms with Crippen LogP contribution in [0.1, 0.15) is 155 Å². The van der Waals surface area contributed by atoms with Gasteiger partial charge < -0.3 is 9.47 Å². The summed E-state index contributed by atoms with van der Waals surface area (Å²) in [5.74, 6) is -0.0575. The van der Waals surface area contributed by atoms with Crippen LogP contribution in [0.5, 0.6) is 0 Å². The first-order valence-corrected chi connectivity index (χ1v) is 14.0. The van der Waals surface area contributed by atoms with Crippen molar-refractivity contribution in [3.8, 4) is 0 Å². The van der Waals surface area contributed by atoms with Gasteiger partial charge in [0.2, 0.25) is 0 Å². The summed E-state index contributed by atoms with van der Waals surface area (Å²) in [7, 11) is 0. The summed E-state index contributed by atoms with van der Waals surface area (Å²) in [5, 5.41) is 0. The number of rotatable bonds is 26. The molecule has 186 valence electrons. The quantitative estimate of drug-likeness (QED) is 0.0993. The molecule has 0 unspecified atom stereocenters. The molecule has 0 aromatic rings. The van der Waals surface area contributed by atoms with Crippen molar-refractivity contribution in [2.45, 2.75) is 155 Å². The number of hydrogen-bond donors (Lipinski definition) is 0. The second-order valence-corrected chi connectivity index (χ2v) is 9.30. The van der Waals surface area contributed by atoms with Crippen LogP contribution in [-0.4, -0.2) is 25.8 Å². The third-order valence-corrected chi connectivity index (χ3v) is 6.12. The number of esters is 1. The first-order valence-electron chi connectivity index (χ1n) is 14.0. The zero-order valence-corrected chi connectivity index (χ0v) is 21.4. The predicted molar refractivity (Wildman–Crippen MR) is 135 cm³/mol. The minimum absolute atomic E-state index is 0.0575. The van der Waals surface area contributed by atoms with Gasteiger partial charge in [0.1, 0.15) is 6.61 Å². The van der Waals surface area contributed by atoms with Crippen molar-refractivity contribution in [2.24, 2.45) is 0 Å². The Hall–Kier alpha value is -0.570. The van der Waals surface area contributed by atoms with Gasteiger partial charge in [0.15, 0.2) is 0 Å².